The molecule has 0 radical (unpaired) electrons. The second-order valence-electron chi connectivity index (χ2n) is 2.40. The molecule has 8 heavy (non-hydrogen) atoms. The maximum absolute atomic E-state index is 10.4. The molecular formula is C4H9O3P. The van der Waals surface area contributed by atoms with Crippen LogP contribution in [0.3, 0.4) is 0 Å². The van der Waals surface area contributed by atoms with Crippen molar-refractivity contribution in [3.05, 3.63) is 0 Å². The van der Waals surface area contributed by atoms with E-state index in [1.807, 2.05) is 13.8 Å². The first-order valence-electron chi connectivity index (χ1n) is 2.46. The molecule has 0 N–H and O–H groups in total. The topological polar surface area (TPSA) is 35.5 Å². The first kappa shape index (κ1) is 6.27. The van der Waals surface area contributed by atoms with Gasteiger partial charge in [0.15, 0.2) is 0 Å². The summed E-state index contributed by atoms with van der Waals surface area (Å²) in [6.07, 6.45) is 0. The molecule has 0 aliphatic carbocycles. The number of hydrogen-bond acceptors (Lipinski definition) is 3. The zero-order valence-corrected chi connectivity index (χ0v) is 5.93. The first-order valence-corrected chi connectivity index (χ1v) is 3.68. The van der Waals surface area contributed by atoms with Gasteiger partial charge in [0.1, 0.15) is 0 Å². The summed E-state index contributed by atoms with van der Waals surface area (Å²) in [6.45, 7) is 4.15. The normalized spacial score (nSPS) is 35.5. The molecule has 1 atom stereocenters. The first-order chi connectivity index (χ1) is 3.60. The fourth-order valence-corrected chi connectivity index (χ4v) is 1.55. The molecule has 1 aliphatic rings. The van der Waals surface area contributed by atoms with Gasteiger partial charge in [-0.25, -0.2) is 0 Å². The Bertz CT molecular complexity index is 120. The van der Waals surface area contributed by atoms with Gasteiger partial charge in [0.25, 0.3) is 0 Å². The Morgan fingerprint density at radius 2 is 2.25 bits per heavy atom. The minimum atomic E-state index is -2.11. The Kier molecular flexibility index (Phi) is 1.44. The van der Waals surface area contributed by atoms with Crippen LogP contribution in [0.15, 0.2) is 0 Å². The van der Waals surface area contributed by atoms with Gasteiger partial charge >= 0.3 is 8.25 Å². The van der Waals surface area contributed by atoms with Crippen molar-refractivity contribution in [3.8, 4) is 0 Å². The molecule has 1 fully saturated rings. The van der Waals surface area contributed by atoms with E-state index in [1.54, 1.807) is 0 Å². The maximum atomic E-state index is 10.4. The Hall–Kier alpha value is 0.150. The lowest BCUT2D eigenvalue weighted by molar-refractivity contribution is 0.140. The van der Waals surface area contributed by atoms with E-state index in [2.05, 4.69) is 0 Å². The van der Waals surface area contributed by atoms with Crippen LogP contribution in [0.4, 0.5) is 0 Å². The highest BCUT2D eigenvalue weighted by Gasteiger charge is 2.29. The third-order valence-electron chi connectivity index (χ3n) is 0.897. The average Bonchev–Trinajstić information content (AvgIpc) is 1.82. The lowest BCUT2D eigenvalue weighted by Crippen LogP contribution is -2.20. The summed E-state index contributed by atoms with van der Waals surface area (Å²) in [6, 6.07) is 0. The third-order valence-corrected chi connectivity index (χ3v) is 2.00. The maximum Gasteiger partial charge on any atom is 0.319 e. The van der Waals surface area contributed by atoms with Crippen LogP contribution in [-0.2, 0) is 13.6 Å². The summed E-state index contributed by atoms with van der Waals surface area (Å²) in [7, 11) is -2.11. The van der Waals surface area contributed by atoms with Crippen LogP contribution >= 0.6 is 8.25 Å². The van der Waals surface area contributed by atoms with E-state index in [4.69, 9.17) is 9.05 Å². The van der Waals surface area contributed by atoms with Gasteiger partial charge in [0, 0.05) is 0 Å². The summed E-state index contributed by atoms with van der Waals surface area (Å²) < 4.78 is 20.0. The van der Waals surface area contributed by atoms with Crippen LogP contribution < -0.4 is 0 Å². The van der Waals surface area contributed by atoms with Crippen LogP contribution in [-0.4, -0.2) is 12.2 Å². The van der Waals surface area contributed by atoms with Gasteiger partial charge < -0.3 is 9.05 Å². The van der Waals surface area contributed by atoms with Crippen LogP contribution in [0.25, 0.3) is 0 Å². The monoisotopic (exact) mass is 136 g/mol. The van der Waals surface area contributed by atoms with Crippen LogP contribution in [0.2, 0.25) is 0 Å². The van der Waals surface area contributed by atoms with Crippen molar-refractivity contribution in [1.29, 1.82) is 0 Å². The third kappa shape index (κ3) is 1.31. The molecular weight excluding hydrogens is 127 g/mol. The fraction of sp³-hybridized carbons (Fsp3) is 1.00. The van der Waals surface area contributed by atoms with Crippen LogP contribution in [0, 0.1) is 0 Å². The molecule has 0 aromatic carbocycles. The fourth-order valence-electron chi connectivity index (χ4n) is 0.517. The molecule has 0 amide bonds. The van der Waals surface area contributed by atoms with E-state index in [-0.39, 0.29) is 5.60 Å². The van der Waals surface area contributed by atoms with Crippen LogP contribution in [0.5, 0.6) is 0 Å². The summed E-state index contributed by atoms with van der Waals surface area (Å²) in [5, 5.41) is 0. The van der Waals surface area contributed by atoms with Gasteiger partial charge in [-0.15, -0.1) is 0 Å². The molecule has 0 spiro atoms. The Labute approximate surface area is 48.9 Å². The van der Waals surface area contributed by atoms with Gasteiger partial charge in [-0.05, 0) is 13.8 Å². The molecule has 4 heteroatoms. The second kappa shape index (κ2) is 1.83. The highest BCUT2D eigenvalue weighted by Crippen LogP contribution is 2.39. The molecule has 0 aromatic heterocycles. The van der Waals surface area contributed by atoms with E-state index < -0.39 is 8.25 Å². The predicted octanol–water partition coefficient (Wildman–Crippen LogP) is 1.20. The second-order valence-corrected chi connectivity index (χ2v) is 3.39. The van der Waals surface area contributed by atoms with Gasteiger partial charge in [-0.3, -0.25) is 4.57 Å². The molecule has 0 bridgehead atoms. The zero-order valence-electron chi connectivity index (χ0n) is 4.93. The quantitative estimate of drug-likeness (QED) is 0.469. The molecule has 1 saturated heterocycles. The minimum Gasteiger partial charge on any atom is -0.308 e. The van der Waals surface area contributed by atoms with Gasteiger partial charge in [-0.2, -0.15) is 0 Å². The van der Waals surface area contributed by atoms with E-state index in [0.29, 0.717) is 6.61 Å². The Balaban J connectivity index is 2.56. The molecule has 0 saturated carbocycles. The number of hydrogen-bond donors (Lipinski definition) is 0. The van der Waals surface area contributed by atoms with E-state index in [0.717, 1.165) is 0 Å². The van der Waals surface area contributed by atoms with Gasteiger partial charge in [0.05, 0.1) is 12.2 Å². The molecule has 1 aliphatic heterocycles. The molecule has 0 aromatic rings. The van der Waals surface area contributed by atoms with Crippen molar-refractivity contribution in [2.24, 2.45) is 0 Å². The van der Waals surface area contributed by atoms with Crippen molar-refractivity contribution in [1.82, 2.24) is 0 Å². The Morgan fingerprint density at radius 1 is 1.62 bits per heavy atom. The largest absolute Gasteiger partial charge is 0.319 e. The SMILES string of the molecule is CC1(C)CO[PH](=O)O1. The lowest BCUT2D eigenvalue weighted by atomic mass is 10.2. The smallest absolute Gasteiger partial charge is 0.308 e. The van der Waals surface area contributed by atoms with Gasteiger partial charge in [-0.1, -0.05) is 0 Å². The van der Waals surface area contributed by atoms with E-state index in [1.165, 1.54) is 0 Å². The Morgan fingerprint density at radius 3 is 2.38 bits per heavy atom. The zero-order chi connectivity index (χ0) is 6.20. The molecule has 48 valence electrons. The number of rotatable bonds is 0. The van der Waals surface area contributed by atoms with Crippen LogP contribution in [0.1, 0.15) is 13.8 Å². The van der Waals surface area contributed by atoms with Crippen molar-refractivity contribution in [2.45, 2.75) is 19.4 Å². The summed E-state index contributed by atoms with van der Waals surface area (Å²) in [5.74, 6) is 0. The van der Waals surface area contributed by atoms with Crippen molar-refractivity contribution >= 4 is 8.25 Å². The summed E-state index contributed by atoms with van der Waals surface area (Å²) in [4.78, 5) is 0. The van der Waals surface area contributed by atoms with Gasteiger partial charge in [0.2, 0.25) is 0 Å². The predicted molar refractivity (Wildman–Crippen MR) is 30.1 cm³/mol. The molecule has 1 heterocycles. The van der Waals surface area contributed by atoms with Crippen molar-refractivity contribution < 1.29 is 13.6 Å². The van der Waals surface area contributed by atoms with E-state index >= 15 is 0 Å². The highest BCUT2D eigenvalue weighted by molar-refractivity contribution is 7.33. The molecule has 1 unspecified atom stereocenters. The average molecular weight is 136 g/mol. The summed E-state index contributed by atoms with van der Waals surface area (Å²) in [5.41, 5.74) is -0.323. The molecule has 3 nitrogen and oxygen atoms in total. The van der Waals surface area contributed by atoms with Crippen molar-refractivity contribution in [3.63, 3.8) is 0 Å². The highest BCUT2D eigenvalue weighted by atomic mass is 31.1. The lowest BCUT2D eigenvalue weighted by Gasteiger charge is -2.10. The summed E-state index contributed by atoms with van der Waals surface area (Å²) >= 11 is 0. The molecule has 1 rings (SSSR count). The van der Waals surface area contributed by atoms with Crippen molar-refractivity contribution in [2.75, 3.05) is 6.61 Å². The minimum absolute atomic E-state index is 0.323. The van der Waals surface area contributed by atoms with E-state index in [9.17, 15) is 4.57 Å². The standard InChI is InChI=1S/C4H9O3P/c1-4(2)3-6-8(5)7-4/h8H,3H2,1-2H3.